The lowest BCUT2D eigenvalue weighted by Crippen LogP contribution is -2.10. The smallest absolute Gasteiger partial charge is 0.238 e. The molecule has 0 aliphatic carbocycles. The fourth-order valence-corrected chi connectivity index (χ4v) is 0.120. The fourth-order valence-electron chi connectivity index (χ4n) is 0.120. The van der Waals surface area contributed by atoms with Crippen LogP contribution in [0.4, 0.5) is 0 Å². The standard InChI is InChI=1S/C3H7N3O/c1-3(7)5-6-4-2/h1-2H3,(H,4,5,7). The van der Waals surface area contributed by atoms with Crippen LogP contribution in [0.2, 0.25) is 0 Å². The number of carbonyl (C=O) groups excluding carboxylic acids is 1. The van der Waals surface area contributed by atoms with E-state index >= 15 is 0 Å². The highest BCUT2D eigenvalue weighted by Crippen LogP contribution is 1.60. The van der Waals surface area contributed by atoms with Gasteiger partial charge in [-0.25, -0.2) is 5.43 Å². The molecule has 0 spiro atoms. The first kappa shape index (κ1) is 6.07. The second-order valence-corrected chi connectivity index (χ2v) is 0.968. The normalized spacial score (nSPS) is 9.43. The largest absolute Gasteiger partial charge is 0.273 e. The minimum absolute atomic E-state index is 0.203. The first-order chi connectivity index (χ1) is 3.27. The van der Waals surface area contributed by atoms with Gasteiger partial charge >= 0.3 is 0 Å². The quantitative estimate of drug-likeness (QED) is 0.370. The van der Waals surface area contributed by atoms with Crippen molar-refractivity contribution < 1.29 is 4.79 Å². The molecule has 0 aromatic heterocycles. The molecule has 0 fully saturated rings. The Balaban J connectivity index is 3.14. The molecular formula is C3H7N3O. The molecule has 1 N–H and O–H groups in total. The van der Waals surface area contributed by atoms with Crippen molar-refractivity contribution >= 4 is 5.91 Å². The molecular weight excluding hydrogens is 94.1 g/mol. The molecule has 0 aliphatic heterocycles. The van der Waals surface area contributed by atoms with Gasteiger partial charge in [-0.3, -0.25) is 4.79 Å². The third kappa shape index (κ3) is 5.07. The molecule has 0 aromatic rings. The predicted molar refractivity (Wildman–Crippen MR) is 24.6 cm³/mol. The van der Waals surface area contributed by atoms with Gasteiger partial charge in [0.15, 0.2) is 0 Å². The first-order valence-electron chi connectivity index (χ1n) is 1.82. The summed E-state index contributed by atoms with van der Waals surface area (Å²) in [6.07, 6.45) is 0. The van der Waals surface area contributed by atoms with Crippen molar-refractivity contribution in [2.45, 2.75) is 6.92 Å². The van der Waals surface area contributed by atoms with Crippen LogP contribution in [0.3, 0.4) is 0 Å². The Morgan fingerprint density at radius 1 is 1.71 bits per heavy atom. The number of nitrogens with zero attached hydrogens (tertiary/aromatic N) is 2. The summed E-state index contributed by atoms with van der Waals surface area (Å²) in [6.45, 7) is 1.37. The van der Waals surface area contributed by atoms with Gasteiger partial charge in [-0.2, -0.15) is 5.11 Å². The molecule has 0 saturated heterocycles. The Morgan fingerprint density at radius 2 is 2.29 bits per heavy atom. The van der Waals surface area contributed by atoms with Crippen LogP contribution in [0.1, 0.15) is 6.92 Å². The summed E-state index contributed by atoms with van der Waals surface area (Å²) in [5, 5.41) is 6.47. The van der Waals surface area contributed by atoms with Crippen molar-refractivity contribution in [3.8, 4) is 0 Å². The number of carbonyl (C=O) groups is 1. The molecule has 7 heavy (non-hydrogen) atoms. The van der Waals surface area contributed by atoms with Crippen molar-refractivity contribution in [3.63, 3.8) is 0 Å². The van der Waals surface area contributed by atoms with Crippen molar-refractivity contribution in [1.82, 2.24) is 5.43 Å². The Bertz CT molecular complexity index is 88.2. The molecule has 4 heteroatoms. The highest BCUT2D eigenvalue weighted by molar-refractivity contribution is 5.72. The van der Waals surface area contributed by atoms with Gasteiger partial charge < -0.3 is 0 Å². The maximum absolute atomic E-state index is 9.94. The van der Waals surface area contributed by atoms with E-state index in [9.17, 15) is 4.79 Å². The zero-order valence-electron chi connectivity index (χ0n) is 4.30. The zero-order chi connectivity index (χ0) is 5.70. The number of hydrogen-bond donors (Lipinski definition) is 1. The van der Waals surface area contributed by atoms with Crippen LogP contribution in [0, 0.1) is 0 Å². The summed E-state index contributed by atoms with van der Waals surface area (Å²) in [7, 11) is 1.48. The Labute approximate surface area is 41.6 Å². The van der Waals surface area contributed by atoms with Crippen LogP contribution in [0.5, 0.6) is 0 Å². The molecule has 0 aliphatic rings. The molecule has 0 rings (SSSR count). The topological polar surface area (TPSA) is 53.8 Å². The highest BCUT2D eigenvalue weighted by atomic mass is 16.2. The molecule has 0 bridgehead atoms. The van der Waals surface area contributed by atoms with E-state index in [4.69, 9.17) is 0 Å². The van der Waals surface area contributed by atoms with E-state index in [1.54, 1.807) is 0 Å². The van der Waals surface area contributed by atoms with Crippen LogP contribution in [0.25, 0.3) is 0 Å². The maximum atomic E-state index is 9.94. The van der Waals surface area contributed by atoms with Gasteiger partial charge in [-0.05, 0) is 0 Å². The van der Waals surface area contributed by atoms with Gasteiger partial charge in [0.2, 0.25) is 5.91 Å². The molecule has 0 saturated carbocycles. The van der Waals surface area contributed by atoms with E-state index in [0.717, 1.165) is 0 Å². The average Bonchev–Trinajstić information content (AvgIpc) is 1.61. The summed E-state index contributed by atoms with van der Waals surface area (Å²) in [6, 6.07) is 0. The maximum Gasteiger partial charge on any atom is 0.238 e. The molecule has 0 unspecified atom stereocenters. The monoisotopic (exact) mass is 101 g/mol. The van der Waals surface area contributed by atoms with Crippen molar-refractivity contribution in [1.29, 1.82) is 0 Å². The predicted octanol–water partition coefficient (Wildman–Crippen LogP) is 0.119. The zero-order valence-corrected chi connectivity index (χ0v) is 4.30. The van der Waals surface area contributed by atoms with Crippen LogP contribution in [-0.2, 0) is 4.79 Å². The summed E-state index contributed by atoms with van der Waals surface area (Å²) in [4.78, 5) is 9.94. The second kappa shape index (κ2) is 3.27. The van der Waals surface area contributed by atoms with Gasteiger partial charge in [-0.1, -0.05) is 5.22 Å². The molecule has 1 amide bonds. The highest BCUT2D eigenvalue weighted by Gasteiger charge is 1.79. The summed E-state index contributed by atoms with van der Waals surface area (Å²) in [5.74, 6) is -0.203. The van der Waals surface area contributed by atoms with Crippen LogP contribution >= 0.6 is 0 Å². The minimum Gasteiger partial charge on any atom is -0.273 e. The van der Waals surface area contributed by atoms with Gasteiger partial charge in [-0.15, -0.1) is 0 Å². The summed E-state index contributed by atoms with van der Waals surface area (Å²) < 4.78 is 0. The molecule has 0 atom stereocenters. The van der Waals surface area contributed by atoms with Gasteiger partial charge in [0, 0.05) is 6.92 Å². The van der Waals surface area contributed by atoms with Gasteiger partial charge in [0.05, 0.1) is 7.05 Å². The lowest BCUT2D eigenvalue weighted by molar-refractivity contribution is -0.119. The second-order valence-electron chi connectivity index (χ2n) is 0.968. The van der Waals surface area contributed by atoms with Crippen LogP contribution in [-0.4, -0.2) is 13.0 Å². The van der Waals surface area contributed by atoms with E-state index in [2.05, 4.69) is 15.8 Å². The number of amides is 1. The van der Waals surface area contributed by atoms with Crippen molar-refractivity contribution in [2.24, 2.45) is 10.3 Å². The summed E-state index contributed by atoms with van der Waals surface area (Å²) in [5.41, 5.74) is 2.11. The third-order valence-corrected chi connectivity index (χ3v) is 0.307. The Kier molecular flexibility index (Phi) is 2.83. The average molecular weight is 101 g/mol. The third-order valence-electron chi connectivity index (χ3n) is 0.307. The van der Waals surface area contributed by atoms with Gasteiger partial charge in [0.25, 0.3) is 0 Å². The Morgan fingerprint density at radius 3 is 2.43 bits per heavy atom. The minimum atomic E-state index is -0.203. The molecule has 0 aromatic carbocycles. The first-order valence-corrected chi connectivity index (χ1v) is 1.82. The van der Waals surface area contributed by atoms with Crippen LogP contribution < -0.4 is 5.43 Å². The molecule has 40 valence electrons. The van der Waals surface area contributed by atoms with Crippen molar-refractivity contribution in [2.75, 3.05) is 7.05 Å². The van der Waals surface area contributed by atoms with E-state index in [0.29, 0.717) is 0 Å². The summed E-state index contributed by atoms with van der Waals surface area (Å²) >= 11 is 0. The van der Waals surface area contributed by atoms with Crippen LogP contribution in [0.15, 0.2) is 10.3 Å². The lowest BCUT2D eigenvalue weighted by Gasteiger charge is -1.83. The molecule has 0 radical (unpaired) electrons. The lowest BCUT2D eigenvalue weighted by atomic mass is 10.8. The number of hydrogen-bond acceptors (Lipinski definition) is 3. The number of nitrogens with one attached hydrogen (secondary N) is 1. The Hall–Kier alpha value is -0.930. The number of rotatable bonds is 1. The van der Waals surface area contributed by atoms with Gasteiger partial charge in [0.1, 0.15) is 0 Å². The van der Waals surface area contributed by atoms with Crippen molar-refractivity contribution in [3.05, 3.63) is 0 Å². The fraction of sp³-hybridized carbons (Fsp3) is 0.667. The SMILES string of the molecule is CN=NNC(C)=O. The molecule has 4 nitrogen and oxygen atoms in total. The van der Waals surface area contributed by atoms with E-state index in [1.165, 1.54) is 14.0 Å². The van der Waals surface area contributed by atoms with E-state index in [-0.39, 0.29) is 5.91 Å². The van der Waals surface area contributed by atoms with E-state index in [1.807, 2.05) is 0 Å². The molecule has 0 heterocycles. The van der Waals surface area contributed by atoms with E-state index < -0.39 is 0 Å².